The molecule has 0 saturated heterocycles. The highest BCUT2D eigenvalue weighted by molar-refractivity contribution is 6.07. The van der Waals surface area contributed by atoms with E-state index >= 15 is 0 Å². The van der Waals surface area contributed by atoms with Gasteiger partial charge in [-0.15, -0.1) is 0 Å². The van der Waals surface area contributed by atoms with E-state index in [0.29, 0.717) is 12.4 Å². The van der Waals surface area contributed by atoms with Crippen molar-refractivity contribution in [2.24, 2.45) is 5.73 Å². The Morgan fingerprint density at radius 2 is 2.00 bits per heavy atom. The van der Waals surface area contributed by atoms with Gasteiger partial charge in [0.2, 0.25) is 0 Å². The largest absolute Gasteiger partial charge is 0.382 e. The number of anilines is 1. The smallest absolute Gasteiger partial charge is 0.150 e. The van der Waals surface area contributed by atoms with Crippen molar-refractivity contribution in [1.29, 1.82) is 0 Å². The van der Waals surface area contributed by atoms with Gasteiger partial charge in [-0.05, 0) is 37.4 Å². The monoisotopic (exact) mass is 297 g/mol. The summed E-state index contributed by atoms with van der Waals surface area (Å²) in [5, 5.41) is 1.11. The number of pyridine rings is 1. The van der Waals surface area contributed by atoms with Crippen molar-refractivity contribution in [3.8, 4) is 0 Å². The van der Waals surface area contributed by atoms with E-state index in [1.807, 2.05) is 12.1 Å². The summed E-state index contributed by atoms with van der Waals surface area (Å²) in [5.74, 6) is 1.51. The first-order valence-corrected chi connectivity index (χ1v) is 8.00. The Balaban J connectivity index is 2.19. The molecule has 0 spiro atoms. The van der Waals surface area contributed by atoms with Gasteiger partial charge in [-0.2, -0.15) is 0 Å². The van der Waals surface area contributed by atoms with E-state index in [-0.39, 0.29) is 0 Å². The fourth-order valence-corrected chi connectivity index (χ4v) is 2.89. The van der Waals surface area contributed by atoms with Crippen LogP contribution in [0.15, 0.2) is 18.2 Å². The maximum absolute atomic E-state index is 6.11. The van der Waals surface area contributed by atoms with Gasteiger partial charge < -0.3 is 16.5 Å². The van der Waals surface area contributed by atoms with E-state index in [2.05, 4.69) is 23.0 Å². The maximum Gasteiger partial charge on any atom is 0.150 e. The van der Waals surface area contributed by atoms with E-state index in [1.54, 1.807) is 0 Å². The summed E-state index contributed by atoms with van der Waals surface area (Å²) in [6.07, 6.45) is 5.10. The number of rotatable bonds is 6. The maximum atomic E-state index is 6.11. The number of nitrogens with two attached hydrogens (primary N) is 2. The first-order valence-electron chi connectivity index (χ1n) is 8.00. The van der Waals surface area contributed by atoms with E-state index in [9.17, 15) is 0 Å². The van der Waals surface area contributed by atoms with Crippen molar-refractivity contribution in [1.82, 2.24) is 15.0 Å². The highest BCUT2D eigenvalue weighted by Crippen LogP contribution is 2.29. The Bertz CT molecular complexity index is 790. The minimum absolute atomic E-state index is 0.522. The number of hydrogen-bond donors (Lipinski definition) is 3. The average Bonchev–Trinajstić information content (AvgIpc) is 2.95. The summed E-state index contributed by atoms with van der Waals surface area (Å²) in [5.41, 5.74) is 15.7. The van der Waals surface area contributed by atoms with Gasteiger partial charge in [0.1, 0.15) is 22.7 Å². The quantitative estimate of drug-likeness (QED) is 0.652. The molecular formula is C17H23N5. The van der Waals surface area contributed by atoms with Crippen LogP contribution in [0.2, 0.25) is 0 Å². The van der Waals surface area contributed by atoms with Crippen LogP contribution in [-0.2, 0) is 12.8 Å². The third kappa shape index (κ3) is 2.64. The van der Waals surface area contributed by atoms with Crippen LogP contribution in [0.25, 0.3) is 21.9 Å². The third-order valence-corrected chi connectivity index (χ3v) is 4.03. The second-order valence-corrected chi connectivity index (χ2v) is 5.71. The molecule has 2 heterocycles. The van der Waals surface area contributed by atoms with Crippen LogP contribution in [0.1, 0.15) is 37.6 Å². The predicted octanol–water partition coefficient (Wildman–Crippen LogP) is 2.93. The van der Waals surface area contributed by atoms with E-state index < -0.39 is 0 Å². The van der Waals surface area contributed by atoms with Gasteiger partial charge in [-0.25, -0.2) is 9.97 Å². The molecular weight excluding hydrogens is 274 g/mol. The minimum Gasteiger partial charge on any atom is -0.382 e. The number of imidazole rings is 1. The molecule has 5 heteroatoms. The number of nitrogens with zero attached hydrogens (tertiary/aromatic N) is 2. The molecule has 5 nitrogen and oxygen atoms in total. The summed E-state index contributed by atoms with van der Waals surface area (Å²) in [7, 11) is 0. The van der Waals surface area contributed by atoms with E-state index in [4.69, 9.17) is 16.5 Å². The zero-order chi connectivity index (χ0) is 15.5. The van der Waals surface area contributed by atoms with Crippen LogP contribution in [0, 0.1) is 0 Å². The number of fused-ring (bicyclic) bond motifs is 3. The predicted molar refractivity (Wildman–Crippen MR) is 91.8 cm³/mol. The van der Waals surface area contributed by atoms with Gasteiger partial charge in [0.15, 0.2) is 0 Å². The summed E-state index contributed by atoms with van der Waals surface area (Å²) < 4.78 is 0. The fraction of sp³-hybridized carbons (Fsp3) is 0.412. The van der Waals surface area contributed by atoms with Gasteiger partial charge in [-0.3, -0.25) is 0 Å². The molecule has 0 unspecified atom stereocenters. The summed E-state index contributed by atoms with van der Waals surface area (Å²) in [6.45, 7) is 2.86. The molecule has 3 aromatic rings. The standard InChI is InChI=1S/C17H23N5/c1-2-3-9-13-21-15-14-11(7-5-10-18)6-4-8-12(14)20-17(19)16(15)22-13/h4,6,8H,2-3,5,7,9-10,18H2,1H3,(H2,19,20)(H,21,22). The lowest BCUT2D eigenvalue weighted by atomic mass is 10.0. The van der Waals surface area contributed by atoms with Crippen molar-refractivity contribution in [3.63, 3.8) is 0 Å². The molecule has 5 N–H and O–H groups in total. The van der Waals surface area contributed by atoms with Crippen molar-refractivity contribution in [2.75, 3.05) is 12.3 Å². The van der Waals surface area contributed by atoms with Crippen LogP contribution >= 0.6 is 0 Å². The third-order valence-electron chi connectivity index (χ3n) is 4.03. The zero-order valence-electron chi connectivity index (χ0n) is 13.0. The first-order chi connectivity index (χ1) is 10.7. The Labute approximate surface area is 130 Å². The van der Waals surface area contributed by atoms with Gasteiger partial charge >= 0.3 is 0 Å². The lowest BCUT2D eigenvalue weighted by Crippen LogP contribution is -2.01. The number of aryl methyl sites for hydroxylation is 2. The average molecular weight is 297 g/mol. The number of aromatic nitrogens is 3. The van der Waals surface area contributed by atoms with Crippen LogP contribution in [0.3, 0.4) is 0 Å². The number of nitrogen functional groups attached to an aromatic ring is 1. The van der Waals surface area contributed by atoms with Crippen molar-refractivity contribution < 1.29 is 0 Å². The number of nitrogens with one attached hydrogen (secondary N) is 1. The number of aromatic amines is 1. The number of benzene rings is 1. The molecule has 0 amide bonds. The van der Waals surface area contributed by atoms with Crippen molar-refractivity contribution in [3.05, 3.63) is 29.6 Å². The lowest BCUT2D eigenvalue weighted by Gasteiger charge is -2.07. The Hall–Kier alpha value is -2.14. The molecule has 0 bridgehead atoms. The highest BCUT2D eigenvalue weighted by atomic mass is 15.0. The molecule has 1 aromatic carbocycles. The number of H-pyrrole nitrogens is 1. The van der Waals surface area contributed by atoms with E-state index in [0.717, 1.165) is 59.9 Å². The number of unbranched alkanes of at least 4 members (excludes halogenated alkanes) is 1. The van der Waals surface area contributed by atoms with Crippen molar-refractivity contribution >= 4 is 27.8 Å². The number of hydrogen-bond acceptors (Lipinski definition) is 4. The molecule has 0 radical (unpaired) electrons. The normalized spacial score (nSPS) is 11.5. The molecule has 116 valence electrons. The molecule has 0 aliphatic rings. The molecule has 2 aromatic heterocycles. The second kappa shape index (κ2) is 6.32. The van der Waals surface area contributed by atoms with Crippen LogP contribution < -0.4 is 11.5 Å². The molecule has 0 atom stereocenters. The minimum atomic E-state index is 0.522. The van der Waals surface area contributed by atoms with Crippen LogP contribution in [0.5, 0.6) is 0 Å². The van der Waals surface area contributed by atoms with Gasteiger partial charge in [0, 0.05) is 11.8 Å². The summed E-state index contributed by atoms with van der Waals surface area (Å²) >= 11 is 0. The van der Waals surface area contributed by atoms with Gasteiger partial charge in [0.05, 0.1) is 5.52 Å². The van der Waals surface area contributed by atoms with Gasteiger partial charge in [0.25, 0.3) is 0 Å². The molecule has 0 aliphatic heterocycles. The van der Waals surface area contributed by atoms with Crippen LogP contribution in [-0.4, -0.2) is 21.5 Å². The Morgan fingerprint density at radius 1 is 1.14 bits per heavy atom. The second-order valence-electron chi connectivity index (χ2n) is 5.71. The topological polar surface area (TPSA) is 93.6 Å². The molecule has 22 heavy (non-hydrogen) atoms. The molecule has 0 aliphatic carbocycles. The Morgan fingerprint density at radius 3 is 2.77 bits per heavy atom. The molecule has 3 rings (SSSR count). The first kappa shape index (κ1) is 14.8. The van der Waals surface area contributed by atoms with Crippen LogP contribution in [0.4, 0.5) is 5.82 Å². The fourth-order valence-electron chi connectivity index (χ4n) is 2.89. The SMILES string of the molecule is CCCCc1nc2c([nH]1)c(N)nc1cccc(CCCN)c12. The highest BCUT2D eigenvalue weighted by Gasteiger charge is 2.14. The van der Waals surface area contributed by atoms with E-state index in [1.165, 1.54) is 5.56 Å². The lowest BCUT2D eigenvalue weighted by molar-refractivity contribution is 0.765. The zero-order valence-corrected chi connectivity index (χ0v) is 13.0. The molecule has 0 saturated carbocycles. The molecule has 0 fully saturated rings. The summed E-state index contributed by atoms with van der Waals surface area (Å²) in [4.78, 5) is 12.7. The Kier molecular flexibility index (Phi) is 4.24. The summed E-state index contributed by atoms with van der Waals surface area (Å²) in [6, 6.07) is 6.16. The van der Waals surface area contributed by atoms with Crippen molar-refractivity contribution in [2.45, 2.75) is 39.0 Å². The van der Waals surface area contributed by atoms with Gasteiger partial charge in [-0.1, -0.05) is 25.5 Å².